The van der Waals surface area contributed by atoms with Gasteiger partial charge >= 0.3 is 11.4 Å². The highest BCUT2D eigenvalue weighted by molar-refractivity contribution is 6.34. The van der Waals surface area contributed by atoms with Gasteiger partial charge in [0.1, 0.15) is 17.6 Å². The van der Waals surface area contributed by atoms with Crippen LogP contribution in [0.2, 0.25) is 5.02 Å². The Morgan fingerprint density at radius 3 is 2.50 bits per heavy atom. The van der Waals surface area contributed by atoms with Crippen molar-refractivity contribution in [3.05, 3.63) is 121 Å². The molecular weight excluding hydrogens is 861 g/mol. The Morgan fingerprint density at radius 2 is 1.69 bits per heavy atom. The third kappa shape index (κ3) is 9.29. The van der Waals surface area contributed by atoms with E-state index in [0.717, 1.165) is 28.4 Å². The minimum Gasteiger partial charge on any atom is -0.325 e. The molecular formula is C42H40ClF3N12O6. The Balaban J connectivity index is 0.850. The molecule has 1 saturated heterocycles. The molecule has 3 N–H and O–H groups in total. The molecule has 22 heteroatoms. The van der Waals surface area contributed by atoms with E-state index >= 15 is 0 Å². The number of imide groups is 1. The zero-order valence-corrected chi connectivity index (χ0v) is 35.0. The number of hydrogen-bond acceptors (Lipinski definition) is 11. The molecule has 0 aliphatic carbocycles. The molecule has 4 amide bonds. The molecule has 0 saturated carbocycles. The molecule has 2 aliphatic heterocycles. The quantitative estimate of drug-likeness (QED) is 0.0698. The first-order valence-electron chi connectivity index (χ1n) is 20.4. The Kier molecular flexibility index (Phi) is 12.4. The fourth-order valence-electron chi connectivity index (χ4n) is 7.85. The number of carbonyl (C=O) groups excluding carboxylic acids is 4. The maximum Gasteiger partial charge on any atom is 0.355 e. The highest BCUT2D eigenvalue weighted by atomic mass is 35.5. The van der Waals surface area contributed by atoms with Crippen molar-refractivity contribution in [2.75, 3.05) is 10.6 Å². The van der Waals surface area contributed by atoms with Crippen LogP contribution in [0.5, 0.6) is 0 Å². The normalized spacial score (nSPS) is 14.9. The van der Waals surface area contributed by atoms with E-state index in [1.54, 1.807) is 59.1 Å². The number of amides is 4. The minimum absolute atomic E-state index is 0.145. The number of fused-ring (bicyclic) bond motifs is 2. The second-order valence-electron chi connectivity index (χ2n) is 15.6. The molecule has 1 unspecified atom stereocenters. The number of rotatable bonds is 16. The fraction of sp³-hybridized carbons (Fsp3) is 0.333. The number of nitrogens with one attached hydrogen (secondary N) is 3. The summed E-state index contributed by atoms with van der Waals surface area (Å²) >= 11 is 6.49. The second kappa shape index (κ2) is 18.3. The van der Waals surface area contributed by atoms with E-state index in [9.17, 15) is 41.9 Å². The van der Waals surface area contributed by atoms with Crippen molar-refractivity contribution < 1.29 is 32.3 Å². The molecule has 0 radical (unpaired) electrons. The summed E-state index contributed by atoms with van der Waals surface area (Å²) in [5, 5.41) is 21.3. The van der Waals surface area contributed by atoms with Crippen LogP contribution in [0.15, 0.2) is 64.4 Å². The van der Waals surface area contributed by atoms with E-state index in [-0.39, 0.29) is 78.0 Å². The summed E-state index contributed by atoms with van der Waals surface area (Å²) < 4.78 is 47.7. The van der Waals surface area contributed by atoms with Crippen LogP contribution in [0, 0.1) is 17.5 Å². The Morgan fingerprint density at radius 1 is 0.906 bits per heavy atom. The van der Waals surface area contributed by atoms with Crippen molar-refractivity contribution in [2.24, 2.45) is 7.05 Å². The van der Waals surface area contributed by atoms with Crippen LogP contribution in [0.4, 0.5) is 30.5 Å². The smallest absolute Gasteiger partial charge is 0.325 e. The Bertz CT molecular complexity index is 2970. The number of anilines is 3. The predicted molar refractivity (Wildman–Crippen MR) is 225 cm³/mol. The Labute approximate surface area is 366 Å². The molecule has 332 valence electrons. The number of aromatic nitrogens is 8. The van der Waals surface area contributed by atoms with E-state index in [2.05, 4.69) is 36.3 Å². The molecule has 5 heterocycles. The van der Waals surface area contributed by atoms with Crippen molar-refractivity contribution in [2.45, 2.75) is 83.6 Å². The first-order chi connectivity index (χ1) is 30.7. The van der Waals surface area contributed by atoms with Gasteiger partial charge in [-0.2, -0.15) is 10.1 Å². The third-order valence-electron chi connectivity index (χ3n) is 11.0. The van der Waals surface area contributed by atoms with Gasteiger partial charge in [-0.25, -0.2) is 27.3 Å². The average molecular weight is 901 g/mol. The topological polar surface area (TPSA) is 213 Å². The van der Waals surface area contributed by atoms with Gasteiger partial charge in [0.2, 0.25) is 23.7 Å². The molecule has 0 bridgehead atoms. The highest BCUT2D eigenvalue weighted by Crippen LogP contribution is 2.33. The maximum atomic E-state index is 14.9. The van der Waals surface area contributed by atoms with E-state index in [0.29, 0.717) is 59.2 Å². The summed E-state index contributed by atoms with van der Waals surface area (Å²) in [5.41, 5.74) is 0.179. The molecule has 2 aliphatic rings. The van der Waals surface area contributed by atoms with Crippen LogP contribution in [0.25, 0.3) is 10.9 Å². The lowest BCUT2D eigenvalue weighted by Gasteiger charge is -2.29. The fourth-order valence-corrected chi connectivity index (χ4v) is 8.05. The summed E-state index contributed by atoms with van der Waals surface area (Å²) in [6.07, 6.45) is 7.60. The first kappa shape index (κ1) is 43.5. The van der Waals surface area contributed by atoms with Crippen LogP contribution in [0.1, 0.15) is 78.5 Å². The number of hydrogen-bond donors (Lipinski definition) is 3. The van der Waals surface area contributed by atoms with Gasteiger partial charge in [-0.05, 0) is 49.1 Å². The number of carbonyl (C=O) groups is 4. The van der Waals surface area contributed by atoms with E-state index in [1.165, 1.54) is 4.90 Å². The van der Waals surface area contributed by atoms with Gasteiger partial charge in [-0.3, -0.25) is 38.4 Å². The van der Waals surface area contributed by atoms with E-state index < -0.39 is 47.3 Å². The molecule has 64 heavy (non-hydrogen) atoms. The second-order valence-corrected chi connectivity index (χ2v) is 16.0. The SMILES string of the molecule is Cn1cc2cc(Nc3nc(=O)n(Cc4cn(CCCCCCCC(=O)Nc5cccc6c5C(=O)N(C5CCC(=O)NC5=O)C6)nn4)c(=O)n3Cc3cc(F)c(F)cc3F)c(Cl)cc2n1. The number of benzene rings is 3. The van der Waals surface area contributed by atoms with Gasteiger partial charge in [0.25, 0.3) is 5.91 Å². The lowest BCUT2D eigenvalue weighted by atomic mass is 10.0. The number of nitrogens with zero attached hydrogens (tertiary/aromatic N) is 9. The van der Waals surface area contributed by atoms with Crippen molar-refractivity contribution in [3.8, 4) is 0 Å². The van der Waals surface area contributed by atoms with Crippen LogP contribution in [0.3, 0.4) is 0 Å². The molecule has 3 aromatic heterocycles. The van der Waals surface area contributed by atoms with Crippen LogP contribution < -0.4 is 27.3 Å². The van der Waals surface area contributed by atoms with Gasteiger partial charge < -0.3 is 15.5 Å². The lowest BCUT2D eigenvalue weighted by Crippen LogP contribution is -2.52. The number of unbranched alkanes of at least 4 members (excludes halogenated alkanes) is 4. The zero-order chi connectivity index (χ0) is 45.2. The van der Waals surface area contributed by atoms with E-state index in [4.69, 9.17) is 11.6 Å². The molecule has 8 rings (SSSR count). The Hall–Kier alpha value is -7.16. The molecule has 0 spiro atoms. The first-order valence-corrected chi connectivity index (χ1v) is 20.8. The molecule has 6 aromatic rings. The standard InChI is InChI=1S/C42H40ClF3N12O6/c1-54-18-25-15-33(27(43)16-32(25)52-54)48-40-50-41(63)58(42(64)57(40)20-24-14-29(45)30(46)17-28(24)44)22-26-21-55(53-51-26)13-6-4-2-3-5-10-35(59)47-31-9-7-8-23-19-56(39(62)37(23)31)34-11-12-36(60)49-38(34)61/h7-9,14-18,21,34H,2-6,10-13,19-20,22H2,1H3,(H,47,59)(H,48,50,63)(H,49,60,61). The van der Waals surface area contributed by atoms with Gasteiger partial charge in [-0.15, -0.1) is 5.10 Å². The predicted octanol–water partition coefficient (Wildman–Crippen LogP) is 4.53. The number of aryl methyl sites for hydroxylation is 2. The maximum absolute atomic E-state index is 14.9. The van der Waals surface area contributed by atoms with Crippen molar-refractivity contribution in [1.29, 1.82) is 0 Å². The number of piperidine rings is 1. The van der Waals surface area contributed by atoms with Crippen LogP contribution in [-0.4, -0.2) is 73.5 Å². The molecule has 18 nitrogen and oxygen atoms in total. The summed E-state index contributed by atoms with van der Waals surface area (Å²) in [5.74, 6) is -5.68. The van der Waals surface area contributed by atoms with Gasteiger partial charge in [0.15, 0.2) is 11.6 Å². The molecule has 1 fully saturated rings. The van der Waals surface area contributed by atoms with Crippen molar-refractivity contribution >= 4 is 63.5 Å². The van der Waals surface area contributed by atoms with Crippen LogP contribution >= 0.6 is 11.6 Å². The number of halogens is 4. The third-order valence-corrected chi connectivity index (χ3v) is 11.4. The summed E-state index contributed by atoms with van der Waals surface area (Å²) in [6.45, 7) is -0.313. The van der Waals surface area contributed by atoms with Crippen molar-refractivity contribution in [1.82, 2.24) is 49.1 Å². The summed E-state index contributed by atoms with van der Waals surface area (Å²) in [4.78, 5) is 83.0. The minimum atomic E-state index is -1.41. The van der Waals surface area contributed by atoms with Gasteiger partial charge in [0, 0.05) is 56.2 Å². The zero-order valence-electron chi connectivity index (χ0n) is 34.2. The van der Waals surface area contributed by atoms with Gasteiger partial charge in [0.05, 0.1) is 46.8 Å². The monoisotopic (exact) mass is 900 g/mol. The van der Waals surface area contributed by atoms with Gasteiger partial charge in [-0.1, -0.05) is 48.2 Å². The van der Waals surface area contributed by atoms with E-state index in [1.807, 2.05) is 0 Å². The summed E-state index contributed by atoms with van der Waals surface area (Å²) in [7, 11) is 1.72. The lowest BCUT2D eigenvalue weighted by molar-refractivity contribution is -0.137. The highest BCUT2D eigenvalue weighted by Gasteiger charge is 2.40. The summed E-state index contributed by atoms with van der Waals surface area (Å²) in [6, 6.07) is 8.58. The average Bonchev–Trinajstić information content (AvgIpc) is 3.95. The largest absolute Gasteiger partial charge is 0.355 e. The molecule has 1 atom stereocenters. The molecule has 3 aromatic carbocycles. The van der Waals surface area contributed by atoms with Crippen molar-refractivity contribution in [3.63, 3.8) is 0 Å². The van der Waals surface area contributed by atoms with Crippen LogP contribution in [-0.2, 0) is 47.6 Å².